The predicted octanol–water partition coefficient (Wildman–Crippen LogP) is 2.62. The van der Waals surface area contributed by atoms with Gasteiger partial charge in [-0.05, 0) is 29.7 Å². The van der Waals surface area contributed by atoms with Gasteiger partial charge in [-0.25, -0.2) is 4.39 Å². The number of hydrogen-bond donors (Lipinski definition) is 2. The lowest BCUT2D eigenvalue weighted by Crippen LogP contribution is -2.29. The first kappa shape index (κ1) is 13.0. The number of halogens is 2. The third-order valence-corrected chi connectivity index (χ3v) is 3.04. The second-order valence-electron chi connectivity index (χ2n) is 3.92. The van der Waals surface area contributed by atoms with Crippen molar-refractivity contribution < 1.29 is 4.39 Å². The Hall–Kier alpha value is -1.49. The fourth-order valence-electron chi connectivity index (χ4n) is 1.78. The minimum Gasteiger partial charge on any atom is -0.271 e. The number of nitrogens with one attached hydrogen (secondary N) is 1. The van der Waals surface area contributed by atoms with Gasteiger partial charge in [0.25, 0.3) is 0 Å². The van der Waals surface area contributed by atoms with Gasteiger partial charge in [-0.3, -0.25) is 16.3 Å². The second kappa shape index (κ2) is 5.91. The van der Waals surface area contributed by atoms with Crippen molar-refractivity contribution in [2.75, 3.05) is 0 Å². The van der Waals surface area contributed by atoms with Crippen LogP contribution in [0.3, 0.4) is 0 Å². The molecule has 0 saturated heterocycles. The Bertz CT molecular complexity index is 519. The molecule has 0 aliphatic rings. The van der Waals surface area contributed by atoms with Crippen LogP contribution in [0.4, 0.5) is 4.39 Å². The van der Waals surface area contributed by atoms with E-state index >= 15 is 0 Å². The predicted molar refractivity (Wildman–Crippen MR) is 69.4 cm³/mol. The van der Waals surface area contributed by atoms with E-state index in [1.54, 1.807) is 24.5 Å². The normalized spacial score (nSPS) is 12.4. The molecular formula is C13H13ClFN3. The maximum atomic E-state index is 13.8. The first-order valence-electron chi connectivity index (χ1n) is 5.51. The molecule has 2 aromatic rings. The van der Waals surface area contributed by atoms with Gasteiger partial charge in [-0.2, -0.15) is 0 Å². The molecule has 3 N–H and O–H groups in total. The Morgan fingerprint density at radius 1 is 1.33 bits per heavy atom. The number of aromatic nitrogens is 1. The highest BCUT2D eigenvalue weighted by molar-refractivity contribution is 6.30. The molecule has 1 atom stereocenters. The molecule has 0 saturated carbocycles. The molecule has 1 aromatic carbocycles. The van der Waals surface area contributed by atoms with Gasteiger partial charge < -0.3 is 0 Å². The van der Waals surface area contributed by atoms with E-state index in [9.17, 15) is 4.39 Å². The average Bonchev–Trinajstić information content (AvgIpc) is 2.41. The van der Waals surface area contributed by atoms with E-state index in [1.807, 2.05) is 12.1 Å². The third-order valence-electron chi connectivity index (χ3n) is 2.74. The third kappa shape index (κ3) is 2.85. The van der Waals surface area contributed by atoms with E-state index in [2.05, 4.69) is 10.4 Å². The van der Waals surface area contributed by atoms with Crippen molar-refractivity contribution in [1.29, 1.82) is 0 Å². The summed E-state index contributed by atoms with van der Waals surface area (Å²) >= 11 is 5.75. The van der Waals surface area contributed by atoms with Crippen molar-refractivity contribution in [3.63, 3.8) is 0 Å². The topological polar surface area (TPSA) is 50.9 Å². The molecule has 18 heavy (non-hydrogen) atoms. The maximum Gasteiger partial charge on any atom is 0.145 e. The number of hydrogen-bond acceptors (Lipinski definition) is 3. The van der Waals surface area contributed by atoms with Crippen LogP contribution >= 0.6 is 11.6 Å². The standard InChI is InChI=1S/C13H13ClFN3/c14-11-5-1-3-9(13(11)15)7-12(18-16)10-4-2-6-17-8-10/h1-6,8,12,18H,7,16H2. The highest BCUT2D eigenvalue weighted by atomic mass is 35.5. The first-order chi connectivity index (χ1) is 8.72. The summed E-state index contributed by atoms with van der Waals surface area (Å²) in [6.45, 7) is 0. The largest absolute Gasteiger partial charge is 0.271 e. The summed E-state index contributed by atoms with van der Waals surface area (Å²) < 4.78 is 13.8. The summed E-state index contributed by atoms with van der Waals surface area (Å²) in [4.78, 5) is 4.02. The van der Waals surface area contributed by atoms with Crippen LogP contribution in [0.1, 0.15) is 17.2 Å². The molecule has 0 aliphatic carbocycles. The molecule has 1 unspecified atom stereocenters. The summed E-state index contributed by atoms with van der Waals surface area (Å²) in [6.07, 6.45) is 3.79. The van der Waals surface area contributed by atoms with Crippen LogP contribution in [0.25, 0.3) is 0 Å². The van der Waals surface area contributed by atoms with Gasteiger partial charge in [0.15, 0.2) is 0 Å². The van der Waals surface area contributed by atoms with Gasteiger partial charge in [0, 0.05) is 12.4 Å². The molecule has 0 amide bonds. The van der Waals surface area contributed by atoms with Crippen LogP contribution in [-0.2, 0) is 6.42 Å². The van der Waals surface area contributed by atoms with Crippen molar-refractivity contribution in [3.8, 4) is 0 Å². The van der Waals surface area contributed by atoms with Crippen molar-refractivity contribution >= 4 is 11.6 Å². The Morgan fingerprint density at radius 3 is 2.83 bits per heavy atom. The molecule has 1 aromatic heterocycles. The summed E-state index contributed by atoms with van der Waals surface area (Å²) in [7, 11) is 0. The summed E-state index contributed by atoms with van der Waals surface area (Å²) in [5.41, 5.74) is 4.09. The maximum absolute atomic E-state index is 13.8. The smallest absolute Gasteiger partial charge is 0.145 e. The summed E-state index contributed by atoms with van der Waals surface area (Å²) in [5.74, 6) is 5.11. The molecule has 94 valence electrons. The molecule has 0 radical (unpaired) electrons. The zero-order valence-corrected chi connectivity index (χ0v) is 10.4. The van der Waals surface area contributed by atoms with Crippen molar-refractivity contribution in [2.24, 2.45) is 5.84 Å². The van der Waals surface area contributed by atoms with Gasteiger partial charge in [-0.1, -0.05) is 29.8 Å². The fourth-order valence-corrected chi connectivity index (χ4v) is 1.98. The van der Waals surface area contributed by atoms with Gasteiger partial charge in [0.2, 0.25) is 0 Å². The lowest BCUT2D eigenvalue weighted by Gasteiger charge is -2.16. The summed E-state index contributed by atoms with van der Waals surface area (Å²) in [5, 5.41) is 0.120. The molecule has 2 rings (SSSR count). The average molecular weight is 266 g/mol. The van der Waals surface area contributed by atoms with E-state index in [1.165, 1.54) is 6.07 Å². The molecule has 0 bridgehead atoms. The number of rotatable bonds is 4. The molecule has 0 spiro atoms. The quantitative estimate of drug-likeness (QED) is 0.660. The first-order valence-corrected chi connectivity index (χ1v) is 5.89. The Balaban J connectivity index is 2.24. The minimum atomic E-state index is -0.400. The van der Waals surface area contributed by atoms with E-state index in [0.717, 1.165) is 5.56 Å². The van der Waals surface area contributed by atoms with Crippen LogP contribution < -0.4 is 11.3 Å². The molecule has 0 fully saturated rings. The SMILES string of the molecule is NNC(Cc1cccc(Cl)c1F)c1cccnc1. The zero-order chi connectivity index (χ0) is 13.0. The molecular weight excluding hydrogens is 253 g/mol. The Labute approximate surface area is 110 Å². The lowest BCUT2D eigenvalue weighted by molar-refractivity contribution is 0.528. The van der Waals surface area contributed by atoms with Crippen molar-refractivity contribution in [1.82, 2.24) is 10.4 Å². The van der Waals surface area contributed by atoms with Crippen LogP contribution in [-0.4, -0.2) is 4.98 Å². The van der Waals surface area contributed by atoms with Crippen LogP contribution in [0, 0.1) is 5.82 Å². The van der Waals surface area contributed by atoms with Crippen LogP contribution in [0.15, 0.2) is 42.7 Å². The summed E-state index contributed by atoms with van der Waals surface area (Å²) in [6, 6.07) is 8.44. The number of benzene rings is 1. The van der Waals surface area contributed by atoms with Crippen molar-refractivity contribution in [2.45, 2.75) is 12.5 Å². The second-order valence-corrected chi connectivity index (χ2v) is 4.33. The molecule has 5 heteroatoms. The van der Waals surface area contributed by atoms with Gasteiger partial charge in [0.05, 0.1) is 11.1 Å². The number of nitrogens with zero attached hydrogens (tertiary/aromatic N) is 1. The van der Waals surface area contributed by atoms with Gasteiger partial charge in [0.1, 0.15) is 5.82 Å². The van der Waals surface area contributed by atoms with Crippen LogP contribution in [0.2, 0.25) is 5.02 Å². The van der Waals surface area contributed by atoms with E-state index in [-0.39, 0.29) is 11.1 Å². The molecule has 3 nitrogen and oxygen atoms in total. The highest BCUT2D eigenvalue weighted by Crippen LogP contribution is 2.23. The highest BCUT2D eigenvalue weighted by Gasteiger charge is 2.14. The molecule has 1 heterocycles. The van der Waals surface area contributed by atoms with Crippen molar-refractivity contribution in [3.05, 3.63) is 64.7 Å². The lowest BCUT2D eigenvalue weighted by atomic mass is 10.0. The number of nitrogens with two attached hydrogens (primary N) is 1. The van der Waals surface area contributed by atoms with Gasteiger partial charge in [-0.15, -0.1) is 0 Å². The van der Waals surface area contributed by atoms with Gasteiger partial charge >= 0.3 is 0 Å². The monoisotopic (exact) mass is 265 g/mol. The van der Waals surface area contributed by atoms with E-state index in [0.29, 0.717) is 12.0 Å². The number of pyridine rings is 1. The fraction of sp³-hybridized carbons (Fsp3) is 0.154. The van der Waals surface area contributed by atoms with Crippen LogP contribution in [0.5, 0.6) is 0 Å². The number of hydrazine groups is 1. The Kier molecular flexibility index (Phi) is 4.25. The van der Waals surface area contributed by atoms with E-state index in [4.69, 9.17) is 17.4 Å². The minimum absolute atomic E-state index is 0.120. The Morgan fingerprint density at radius 2 is 2.17 bits per heavy atom. The zero-order valence-electron chi connectivity index (χ0n) is 9.61. The van der Waals surface area contributed by atoms with E-state index < -0.39 is 5.82 Å². The molecule has 0 aliphatic heterocycles.